The van der Waals surface area contributed by atoms with E-state index in [9.17, 15) is 4.39 Å². The molecule has 0 spiro atoms. The van der Waals surface area contributed by atoms with Crippen LogP contribution in [-0.4, -0.2) is 25.9 Å². The van der Waals surface area contributed by atoms with Gasteiger partial charge in [-0.1, -0.05) is 28.1 Å². The highest BCUT2D eigenvalue weighted by Gasteiger charge is 2.11. The molecular formula is C22H29BrFNO3. The second kappa shape index (κ2) is 12.0. The number of halogens is 2. The molecule has 0 amide bonds. The largest absolute Gasteiger partial charge is 0.490 e. The number of benzene rings is 2. The normalized spacial score (nSPS) is 11.1. The Morgan fingerprint density at radius 2 is 1.79 bits per heavy atom. The van der Waals surface area contributed by atoms with Gasteiger partial charge < -0.3 is 19.5 Å². The van der Waals surface area contributed by atoms with E-state index in [1.54, 1.807) is 12.1 Å². The van der Waals surface area contributed by atoms with E-state index in [1.165, 1.54) is 12.1 Å². The molecule has 0 aliphatic carbocycles. The van der Waals surface area contributed by atoms with Gasteiger partial charge in [0.2, 0.25) is 0 Å². The van der Waals surface area contributed by atoms with Crippen LogP contribution >= 0.6 is 15.9 Å². The molecule has 2 rings (SSSR count). The minimum Gasteiger partial charge on any atom is -0.490 e. The zero-order valence-corrected chi connectivity index (χ0v) is 18.4. The molecule has 154 valence electrons. The molecule has 2 aromatic carbocycles. The van der Waals surface area contributed by atoms with Gasteiger partial charge in [-0.2, -0.15) is 0 Å². The van der Waals surface area contributed by atoms with E-state index in [-0.39, 0.29) is 11.9 Å². The van der Waals surface area contributed by atoms with E-state index in [0.29, 0.717) is 24.7 Å². The molecule has 28 heavy (non-hydrogen) atoms. The molecule has 0 saturated carbocycles. The molecule has 0 saturated heterocycles. The van der Waals surface area contributed by atoms with Crippen LogP contribution < -0.4 is 14.8 Å². The van der Waals surface area contributed by atoms with Crippen LogP contribution in [0.3, 0.4) is 0 Å². The summed E-state index contributed by atoms with van der Waals surface area (Å²) in [5, 5.41) is 3.43. The van der Waals surface area contributed by atoms with Gasteiger partial charge in [0.15, 0.2) is 11.5 Å². The van der Waals surface area contributed by atoms with Gasteiger partial charge in [-0.3, -0.25) is 0 Å². The molecule has 0 radical (unpaired) electrons. The third kappa shape index (κ3) is 7.78. The first-order chi connectivity index (χ1) is 13.5. The van der Waals surface area contributed by atoms with Crippen LogP contribution in [0.1, 0.15) is 38.3 Å². The molecule has 6 heteroatoms. The smallest absolute Gasteiger partial charge is 0.162 e. The van der Waals surface area contributed by atoms with Crippen LogP contribution in [0.25, 0.3) is 0 Å². The molecule has 0 aromatic heterocycles. The van der Waals surface area contributed by atoms with Crippen molar-refractivity contribution in [1.29, 1.82) is 0 Å². The summed E-state index contributed by atoms with van der Waals surface area (Å²) >= 11 is 3.62. The lowest BCUT2D eigenvalue weighted by molar-refractivity contribution is 0.0770. The lowest BCUT2D eigenvalue weighted by atomic mass is 10.2. The van der Waals surface area contributed by atoms with Crippen LogP contribution in [0.4, 0.5) is 4.39 Å². The lowest BCUT2D eigenvalue weighted by Gasteiger charge is -2.16. The summed E-state index contributed by atoms with van der Waals surface area (Å²) in [5.41, 5.74) is 2.00. The van der Waals surface area contributed by atoms with Crippen molar-refractivity contribution in [3.63, 3.8) is 0 Å². The van der Waals surface area contributed by atoms with Gasteiger partial charge >= 0.3 is 0 Å². The molecule has 4 nitrogen and oxygen atoms in total. The summed E-state index contributed by atoms with van der Waals surface area (Å²) in [7, 11) is 0. The minimum absolute atomic E-state index is 0.255. The number of hydrogen-bond donors (Lipinski definition) is 1. The average molecular weight is 454 g/mol. The summed E-state index contributed by atoms with van der Waals surface area (Å²) in [6.45, 7) is 9.28. The van der Waals surface area contributed by atoms with Crippen molar-refractivity contribution in [3.05, 3.63) is 57.8 Å². The first kappa shape index (κ1) is 22.7. The molecule has 1 N–H and O–H groups in total. The highest BCUT2D eigenvalue weighted by atomic mass is 79.9. The molecule has 0 aliphatic rings. The number of nitrogens with one attached hydrogen (secondary N) is 1. The third-order valence-electron chi connectivity index (χ3n) is 3.98. The predicted molar refractivity (Wildman–Crippen MR) is 113 cm³/mol. The van der Waals surface area contributed by atoms with Gasteiger partial charge in [-0.05, 0) is 69.1 Å². The summed E-state index contributed by atoms with van der Waals surface area (Å²) in [5.74, 6) is 1.11. The van der Waals surface area contributed by atoms with Crippen molar-refractivity contribution in [2.24, 2.45) is 0 Å². The van der Waals surface area contributed by atoms with Gasteiger partial charge in [-0.15, -0.1) is 0 Å². The van der Waals surface area contributed by atoms with Crippen molar-refractivity contribution in [1.82, 2.24) is 5.32 Å². The van der Waals surface area contributed by atoms with Crippen molar-refractivity contribution >= 4 is 15.9 Å². The Bertz CT molecular complexity index is 722. The number of rotatable bonds is 12. The first-order valence-corrected chi connectivity index (χ1v) is 10.4. The molecular weight excluding hydrogens is 425 g/mol. The number of hydrogen-bond acceptors (Lipinski definition) is 4. The topological polar surface area (TPSA) is 39.7 Å². The molecule has 2 aromatic rings. The first-order valence-electron chi connectivity index (χ1n) is 9.64. The summed E-state index contributed by atoms with van der Waals surface area (Å²) in [6, 6.07) is 10.2. The zero-order valence-electron chi connectivity index (χ0n) is 16.8. The second-order valence-electron chi connectivity index (χ2n) is 6.69. The summed E-state index contributed by atoms with van der Waals surface area (Å²) in [4.78, 5) is 0. The fraction of sp³-hybridized carbons (Fsp3) is 0.455. The fourth-order valence-corrected chi connectivity index (χ4v) is 3.04. The van der Waals surface area contributed by atoms with Crippen LogP contribution in [0.5, 0.6) is 11.5 Å². The van der Waals surface area contributed by atoms with E-state index >= 15 is 0 Å². The Morgan fingerprint density at radius 3 is 2.46 bits per heavy atom. The second-order valence-corrected chi connectivity index (χ2v) is 7.54. The van der Waals surface area contributed by atoms with Crippen LogP contribution in [0.15, 0.2) is 40.9 Å². The fourth-order valence-electron chi connectivity index (χ4n) is 2.57. The van der Waals surface area contributed by atoms with Crippen molar-refractivity contribution in [2.45, 2.75) is 46.4 Å². The lowest BCUT2D eigenvalue weighted by Crippen LogP contribution is -2.17. The monoisotopic (exact) mass is 453 g/mol. The average Bonchev–Trinajstić information content (AvgIpc) is 2.66. The summed E-state index contributed by atoms with van der Waals surface area (Å²) in [6.07, 6.45) is 1.23. The SMILES string of the molecule is CCOc1cc(CNCCCOC(C)C)c(Br)cc1OCc1ccc(F)cc1. The van der Waals surface area contributed by atoms with Gasteiger partial charge in [0.1, 0.15) is 12.4 Å². The maximum Gasteiger partial charge on any atom is 0.162 e. The quantitative estimate of drug-likeness (QED) is 0.432. The Kier molecular flexibility index (Phi) is 9.75. The highest BCUT2D eigenvalue weighted by Crippen LogP contribution is 2.34. The highest BCUT2D eigenvalue weighted by molar-refractivity contribution is 9.10. The van der Waals surface area contributed by atoms with E-state index in [2.05, 4.69) is 21.2 Å². The summed E-state index contributed by atoms with van der Waals surface area (Å²) < 4.78 is 31.2. The Labute approximate surface area is 175 Å². The zero-order chi connectivity index (χ0) is 20.4. The van der Waals surface area contributed by atoms with Crippen LogP contribution in [0, 0.1) is 5.82 Å². The Morgan fingerprint density at radius 1 is 1.07 bits per heavy atom. The van der Waals surface area contributed by atoms with Gasteiger partial charge in [0.25, 0.3) is 0 Å². The van der Waals surface area contributed by atoms with Crippen LogP contribution in [0.2, 0.25) is 0 Å². The van der Waals surface area contributed by atoms with Gasteiger partial charge in [-0.25, -0.2) is 4.39 Å². The van der Waals surface area contributed by atoms with E-state index in [1.807, 2.05) is 32.9 Å². The Hall–Kier alpha value is -1.63. The molecule has 0 unspecified atom stereocenters. The molecule has 0 atom stereocenters. The van der Waals surface area contributed by atoms with Crippen molar-refractivity contribution in [2.75, 3.05) is 19.8 Å². The number of ether oxygens (including phenoxy) is 3. The molecule has 0 aliphatic heterocycles. The van der Waals surface area contributed by atoms with Crippen molar-refractivity contribution in [3.8, 4) is 11.5 Å². The maximum absolute atomic E-state index is 13.0. The minimum atomic E-state index is -0.255. The molecule has 0 bridgehead atoms. The molecule has 0 fully saturated rings. The van der Waals surface area contributed by atoms with E-state index in [0.717, 1.165) is 41.7 Å². The van der Waals surface area contributed by atoms with Crippen LogP contribution in [-0.2, 0) is 17.9 Å². The third-order valence-corrected chi connectivity index (χ3v) is 4.72. The Balaban J connectivity index is 1.94. The maximum atomic E-state index is 13.0. The van der Waals surface area contributed by atoms with E-state index in [4.69, 9.17) is 14.2 Å². The van der Waals surface area contributed by atoms with E-state index < -0.39 is 0 Å². The van der Waals surface area contributed by atoms with Gasteiger partial charge in [0.05, 0.1) is 12.7 Å². The predicted octanol–water partition coefficient (Wildman–Crippen LogP) is 5.47. The van der Waals surface area contributed by atoms with Crippen molar-refractivity contribution < 1.29 is 18.6 Å². The molecule has 0 heterocycles. The van der Waals surface area contributed by atoms with Gasteiger partial charge in [0, 0.05) is 17.6 Å². The standard InChI is InChI=1S/C22H29BrFNO3/c1-4-26-21-12-18(14-25-10-5-11-27-16(2)3)20(23)13-22(21)28-15-17-6-8-19(24)9-7-17/h6-9,12-13,16,25H,4-5,10-11,14-15H2,1-3H3.